The number of nitrogens with zero attached hydrogens (tertiary/aromatic N) is 7. The molecule has 11 nitrogen and oxygen atoms in total. The third kappa shape index (κ3) is 4.23. The van der Waals surface area contributed by atoms with Crippen LogP contribution in [0.5, 0.6) is 5.75 Å². The first-order valence-electron chi connectivity index (χ1n) is 14.7. The number of methoxy groups -OCH3 is 1. The molecule has 2 bridgehead atoms. The van der Waals surface area contributed by atoms with Gasteiger partial charge in [-0.25, -0.2) is 14.4 Å². The number of halogens is 1. The van der Waals surface area contributed by atoms with Crippen LogP contribution in [0.1, 0.15) is 72.2 Å². The van der Waals surface area contributed by atoms with E-state index in [1.165, 1.54) is 19.5 Å². The van der Waals surface area contributed by atoms with E-state index in [1.54, 1.807) is 29.0 Å². The molecule has 0 radical (unpaired) electrons. The van der Waals surface area contributed by atoms with Gasteiger partial charge >= 0.3 is 0 Å². The third-order valence-electron chi connectivity index (χ3n) is 9.23. The number of ether oxygens (including phenoxy) is 1. The molecule has 2 aliphatic heterocycles. The second-order valence-corrected chi connectivity index (χ2v) is 11.7. The van der Waals surface area contributed by atoms with E-state index >= 15 is 0 Å². The van der Waals surface area contributed by atoms with E-state index in [1.807, 2.05) is 17.0 Å². The molecule has 0 spiro atoms. The predicted octanol–water partition coefficient (Wildman–Crippen LogP) is 4.73. The largest absolute Gasteiger partial charge is 0.494 e. The van der Waals surface area contributed by atoms with Crippen molar-refractivity contribution >= 4 is 17.4 Å². The molecule has 3 fully saturated rings. The van der Waals surface area contributed by atoms with Crippen molar-refractivity contribution in [3.05, 3.63) is 72.0 Å². The molecule has 2 saturated heterocycles. The van der Waals surface area contributed by atoms with Gasteiger partial charge in [0, 0.05) is 46.5 Å². The molecule has 6 heterocycles. The van der Waals surface area contributed by atoms with Gasteiger partial charge in [-0.1, -0.05) is 6.07 Å². The van der Waals surface area contributed by atoms with Gasteiger partial charge in [-0.2, -0.15) is 14.7 Å². The summed E-state index contributed by atoms with van der Waals surface area (Å²) in [5.41, 5.74) is 12.8. The number of pyridine rings is 1. The van der Waals surface area contributed by atoms with Crippen LogP contribution in [0, 0.1) is 5.82 Å². The van der Waals surface area contributed by atoms with Crippen LogP contribution in [-0.2, 0) is 0 Å². The first-order chi connectivity index (χ1) is 21.0. The van der Waals surface area contributed by atoms with E-state index in [9.17, 15) is 9.18 Å². The van der Waals surface area contributed by atoms with E-state index < -0.39 is 5.82 Å². The van der Waals surface area contributed by atoms with Gasteiger partial charge in [0.15, 0.2) is 17.2 Å². The van der Waals surface area contributed by atoms with Crippen LogP contribution in [0.25, 0.3) is 28.0 Å². The standard InChI is InChI=1S/C31H30FN9O2/c1-43-25-12-17(4-8-23(25)32)24-9-5-18(13-34-24)22-14-37-41-28(33)26(16-2-3-16)27(38-30(22)41)19-10-20-6-7-21(11-19)40(20)31(42)29-35-15-36-39-29/h4-5,8-9,12-16,19-21H,2-3,6-7,10-11,33H2,1H3,(H,35,36,39)/t19?,20-,21+. The van der Waals surface area contributed by atoms with Crippen molar-refractivity contribution in [2.75, 3.05) is 12.8 Å². The molecule has 4 aromatic heterocycles. The van der Waals surface area contributed by atoms with Crippen molar-refractivity contribution in [2.45, 2.75) is 62.4 Å². The number of aromatic nitrogens is 7. The number of fused-ring (bicyclic) bond motifs is 3. The number of nitrogens with one attached hydrogen (secondary N) is 1. The zero-order valence-electron chi connectivity index (χ0n) is 23.6. The molecule has 1 unspecified atom stereocenters. The van der Waals surface area contributed by atoms with Gasteiger partial charge in [-0.3, -0.25) is 14.9 Å². The number of benzene rings is 1. The quantitative estimate of drug-likeness (QED) is 0.294. The lowest BCUT2D eigenvalue weighted by atomic mass is 9.85. The van der Waals surface area contributed by atoms with Gasteiger partial charge < -0.3 is 15.4 Å². The number of H-pyrrole nitrogens is 1. The van der Waals surface area contributed by atoms with Crippen LogP contribution in [0.15, 0.2) is 49.1 Å². The van der Waals surface area contributed by atoms with Gasteiger partial charge in [-0.15, -0.1) is 0 Å². The lowest BCUT2D eigenvalue weighted by Crippen LogP contribution is -2.46. The van der Waals surface area contributed by atoms with Crippen molar-refractivity contribution in [3.63, 3.8) is 0 Å². The zero-order valence-corrected chi connectivity index (χ0v) is 23.6. The van der Waals surface area contributed by atoms with E-state index in [4.69, 9.17) is 15.5 Å². The number of nitrogens with two attached hydrogens (primary N) is 1. The van der Waals surface area contributed by atoms with Crippen LogP contribution in [-0.4, -0.2) is 64.8 Å². The van der Waals surface area contributed by atoms with Gasteiger partial charge in [0.25, 0.3) is 5.91 Å². The molecule has 5 aromatic rings. The molecular formula is C31H30FN9O2. The highest BCUT2D eigenvalue weighted by atomic mass is 19.1. The second kappa shape index (κ2) is 9.85. The number of nitrogen functional groups attached to an aromatic ring is 1. The van der Waals surface area contributed by atoms with Gasteiger partial charge in [0.2, 0.25) is 5.82 Å². The lowest BCUT2D eigenvalue weighted by molar-refractivity contribution is 0.0557. The summed E-state index contributed by atoms with van der Waals surface area (Å²) in [6, 6.07) is 8.81. The SMILES string of the molecule is COc1cc(-c2ccc(-c3cnn4c(N)c(C5CC5)c(C5C[C@H]6CC[C@@H](C5)N6C(=O)c5ncn[nH]5)nc34)cn2)ccc1F. The Morgan fingerprint density at radius 3 is 2.49 bits per heavy atom. The molecule has 1 aliphatic carbocycles. The molecule has 1 aromatic carbocycles. The Labute approximate surface area is 246 Å². The molecule has 1 amide bonds. The minimum atomic E-state index is -0.417. The number of carbonyl (C=O) groups is 1. The van der Waals surface area contributed by atoms with E-state index in [0.717, 1.165) is 66.5 Å². The number of carbonyl (C=O) groups excluding carboxylic acids is 1. The molecule has 3 atom stereocenters. The summed E-state index contributed by atoms with van der Waals surface area (Å²) in [5.74, 6) is 1.19. The molecule has 8 rings (SSSR count). The predicted molar refractivity (Wildman–Crippen MR) is 156 cm³/mol. The Morgan fingerprint density at radius 2 is 1.81 bits per heavy atom. The fourth-order valence-corrected chi connectivity index (χ4v) is 7.06. The first-order valence-corrected chi connectivity index (χ1v) is 14.7. The highest BCUT2D eigenvalue weighted by Gasteiger charge is 2.46. The maximum Gasteiger partial charge on any atom is 0.291 e. The fraction of sp³-hybridized carbons (Fsp3) is 0.355. The molecular weight excluding hydrogens is 549 g/mol. The van der Waals surface area contributed by atoms with Crippen molar-refractivity contribution in [3.8, 4) is 28.1 Å². The monoisotopic (exact) mass is 579 g/mol. The molecule has 1 saturated carbocycles. The smallest absolute Gasteiger partial charge is 0.291 e. The highest BCUT2D eigenvalue weighted by molar-refractivity contribution is 5.91. The number of anilines is 1. The number of rotatable bonds is 6. The van der Waals surface area contributed by atoms with Gasteiger partial charge in [0.05, 0.1) is 24.7 Å². The normalized spacial score (nSPS) is 21.4. The van der Waals surface area contributed by atoms with Crippen molar-refractivity contribution < 1.29 is 13.9 Å². The molecule has 43 heavy (non-hydrogen) atoms. The maximum absolute atomic E-state index is 13.9. The lowest BCUT2D eigenvalue weighted by Gasteiger charge is -2.39. The maximum atomic E-state index is 13.9. The summed E-state index contributed by atoms with van der Waals surface area (Å²) in [6.45, 7) is 0. The molecule has 12 heteroatoms. The number of amides is 1. The minimum Gasteiger partial charge on any atom is -0.494 e. The van der Waals surface area contributed by atoms with Gasteiger partial charge in [0.1, 0.15) is 12.1 Å². The average Bonchev–Trinajstić information content (AvgIpc) is 3.41. The van der Waals surface area contributed by atoms with Crippen LogP contribution in [0.2, 0.25) is 0 Å². The zero-order chi connectivity index (χ0) is 29.2. The summed E-state index contributed by atoms with van der Waals surface area (Å²) >= 11 is 0. The molecule has 218 valence electrons. The average molecular weight is 580 g/mol. The Balaban J connectivity index is 1.14. The van der Waals surface area contributed by atoms with Crippen molar-refractivity contribution in [1.29, 1.82) is 0 Å². The Morgan fingerprint density at radius 1 is 1.02 bits per heavy atom. The van der Waals surface area contributed by atoms with Crippen LogP contribution in [0.4, 0.5) is 10.2 Å². The van der Waals surface area contributed by atoms with Gasteiger partial charge in [-0.05, 0) is 68.7 Å². The topological polar surface area (TPSA) is 140 Å². The van der Waals surface area contributed by atoms with E-state index in [2.05, 4.69) is 25.3 Å². The van der Waals surface area contributed by atoms with Crippen LogP contribution >= 0.6 is 0 Å². The molecule has 3 aliphatic rings. The second-order valence-electron chi connectivity index (χ2n) is 11.7. The Bertz CT molecular complexity index is 1840. The third-order valence-corrected chi connectivity index (χ3v) is 9.23. The first kappa shape index (κ1) is 25.8. The molecule has 3 N–H and O–H groups in total. The number of hydrogen-bond acceptors (Lipinski definition) is 8. The summed E-state index contributed by atoms with van der Waals surface area (Å²) in [6.07, 6.45) is 10.7. The fourth-order valence-electron chi connectivity index (χ4n) is 7.06. The summed E-state index contributed by atoms with van der Waals surface area (Å²) < 4.78 is 20.8. The number of aromatic amines is 1. The minimum absolute atomic E-state index is 0.0816. The van der Waals surface area contributed by atoms with Crippen LogP contribution in [0.3, 0.4) is 0 Å². The summed E-state index contributed by atoms with van der Waals surface area (Å²) in [7, 11) is 1.44. The Kier molecular flexibility index (Phi) is 5.92. The van der Waals surface area contributed by atoms with Crippen LogP contribution < -0.4 is 10.5 Å². The van der Waals surface area contributed by atoms with E-state index in [0.29, 0.717) is 28.9 Å². The Hall–Kier alpha value is -4.87. The van der Waals surface area contributed by atoms with Crippen molar-refractivity contribution in [1.82, 2.24) is 39.7 Å². The number of hydrogen-bond donors (Lipinski definition) is 2. The van der Waals surface area contributed by atoms with Crippen molar-refractivity contribution in [2.24, 2.45) is 0 Å². The highest BCUT2D eigenvalue weighted by Crippen LogP contribution is 2.50. The number of piperidine rings is 1. The summed E-state index contributed by atoms with van der Waals surface area (Å²) in [4.78, 5) is 29.3. The van der Waals surface area contributed by atoms with E-state index in [-0.39, 0.29) is 29.7 Å². The summed E-state index contributed by atoms with van der Waals surface area (Å²) in [5, 5.41) is 11.2.